The highest BCUT2D eigenvalue weighted by atomic mass is 16.3. The lowest BCUT2D eigenvalue weighted by molar-refractivity contribution is 0.364. The maximum atomic E-state index is 6.04. The zero-order valence-electron chi connectivity index (χ0n) is 12.1. The lowest BCUT2D eigenvalue weighted by Crippen LogP contribution is -2.25. The van der Waals surface area contributed by atoms with Crippen LogP contribution in [0.2, 0.25) is 0 Å². The van der Waals surface area contributed by atoms with E-state index in [4.69, 9.17) is 4.42 Å². The zero-order valence-corrected chi connectivity index (χ0v) is 12.1. The molecule has 0 spiro atoms. The third-order valence-electron chi connectivity index (χ3n) is 4.55. The predicted octanol–water partition coefficient (Wildman–Crippen LogP) is 4.30. The number of fused-ring (bicyclic) bond motifs is 1. The molecule has 0 saturated heterocycles. The molecule has 2 unspecified atom stereocenters. The van der Waals surface area contributed by atoms with E-state index in [-0.39, 0.29) is 0 Å². The van der Waals surface area contributed by atoms with Crippen LogP contribution in [0.25, 0.3) is 11.0 Å². The maximum absolute atomic E-state index is 6.04. The van der Waals surface area contributed by atoms with Crippen LogP contribution < -0.4 is 5.32 Å². The molecule has 2 atom stereocenters. The molecule has 3 rings (SSSR count). The minimum absolute atomic E-state index is 0.408. The molecule has 1 aliphatic rings. The second kappa shape index (κ2) is 5.01. The van der Waals surface area contributed by atoms with Crippen molar-refractivity contribution in [1.29, 1.82) is 0 Å². The first kappa shape index (κ1) is 12.7. The Morgan fingerprint density at radius 2 is 2.05 bits per heavy atom. The van der Waals surface area contributed by atoms with Crippen LogP contribution in [0.1, 0.15) is 44.1 Å². The second-order valence-corrected chi connectivity index (χ2v) is 5.75. The molecular formula is C17H23NO. The molecule has 1 heterocycles. The minimum atomic E-state index is 0.408. The molecule has 0 aliphatic heterocycles. The minimum Gasteiger partial charge on any atom is -0.461 e. The van der Waals surface area contributed by atoms with Crippen molar-refractivity contribution in [3.05, 3.63) is 35.6 Å². The van der Waals surface area contributed by atoms with Gasteiger partial charge in [-0.2, -0.15) is 0 Å². The van der Waals surface area contributed by atoms with E-state index < -0.39 is 0 Å². The van der Waals surface area contributed by atoms with Gasteiger partial charge in [-0.15, -0.1) is 0 Å². The van der Waals surface area contributed by atoms with Gasteiger partial charge in [0.15, 0.2) is 0 Å². The van der Waals surface area contributed by atoms with Crippen molar-refractivity contribution >= 4 is 11.0 Å². The summed E-state index contributed by atoms with van der Waals surface area (Å²) in [6, 6.07) is 8.83. The van der Waals surface area contributed by atoms with Crippen LogP contribution in [0.3, 0.4) is 0 Å². The summed E-state index contributed by atoms with van der Waals surface area (Å²) in [6.45, 7) is 4.55. The Bertz CT molecular complexity index is 568. The first-order valence-electron chi connectivity index (χ1n) is 7.43. The van der Waals surface area contributed by atoms with E-state index in [1.807, 2.05) is 6.07 Å². The summed E-state index contributed by atoms with van der Waals surface area (Å²) in [5.41, 5.74) is 2.41. The molecule has 0 bridgehead atoms. The van der Waals surface area contributed by atoms with Crippen molar-refractivity contribution in [2.75, 3.05) is 7.05 Å². The lowest BCUT2D eigenvalue weighted by Gasteiger charge is -2.24. The third kappa shape index (κ3) is 2.18. The van der Waals surface area contributed by atoms with Crippen LogP contribution in [-0.2, 0) is 6.42 Å². The van der Waals surface area contributed by atoms with Gasteiger partial charge in [-0.3, -0.25) is 0 Å². The fraction of sp³-hybridized carbons (Fsp3) is 0.529. The average molecular weight is 257 g/mol. The van der Waals surface area contributed by atoms with Crippen molar-refractivity contribution in [2.24, 2.45) is 11.8 Å². The number of hydrogen-bond acceptors (Lipinski definition) is 2. The average Bonchev–Trinajstić information content (AvgIpc) is 3.22. The molecule has 0 amide bonds. The largest absolute Gasteiger partial charge is 0.461 e. The first-order chi connectivity index (χ1) is 9.26. The smallest absolute Gasteiger partial charge is 0.134 e. The van der Waals surface area contributed by atoms with Gasteiger partial charge >= 0.3 is 0 Å². The number of hydrogen-bond donors (Lipinski definition) is 1. The van der Waals surface area contributed by atoms with Crippen LogP contribution in [0.15, 0.2) is 28.7 Å². The quantitative estimate of drug-likeness (QED) is 0.863. The summed E-state index contributed by atoms with van der Waals surface area (Å²) in [5.74, 6) is 2.71. The van der Waals surface area contributed by atoms with Gasteiger partial charge in [0.2, 0.25) is 0 Å². The van der Waals surface area contributed by atoms with E-state index in [2.05, 4.69) is 44.4 Å². The second-order valence-electron chi connectivity index (χ2n) is 5.75. The molecular weight excluding hydrogens is 234 g/mol. The highest BCUT2D eigenvalue weighted by Crippen LogP contribution is 2.45. The lowest BCUT2D eigenvalue weighted by atomic mass is 9.88. The summed E-state index contributed by atoms with van der Waals surface area (Å²) in [5, 5.41) is 4.82. The maximum Gasteiger partial charge on any atom is 0.134 e. The molecule has 1 aliphatic carbocycles. The van der Waals surface area contributed by atoms with Crippen molar-refractivity contribution in [3.63, 3.8) is 0 Å². The summed E-state index contributed by atoms with van der Waals surface area (Å²) in [4.78, 5) is 0. The molecule has 1 saturated carbocycles. The highest BCUT2D eigenvalue weighted by molar-refractivity contribution is 5.82. The van der Waals surface area contributed by atoms with Gasteiger partial charge in [0.05, 0.1) is 0 Å². The number of benzene rings is 1. The fourth-order valence-corrected chi connectivity index (χ4v) is 3.28. The van der Waals surface area contributed by atoms with E-state index >= 15 is 0 Å². The van der Waals surface area contributed by atoms with E-state index in [1.54, 1.807) is 0 Å². The van der Waals surface area contributed by atoms with Gasteiger partial charge in [0, 0.05) is 23.4 Å². The number of nitrogens with one attached hydrogen (secondary N) is 1. The Balaban J connectivity index is 2.10. The topological polar surface area (TPSA) is 25.2 Å². The van der Waals surface area contributed by atoms with Crippen molar-refractivity contribution < 1.29 is 4.42 Å². The first-order valence-corrected chi connectivity index (χ1v) is 7.43. The summed E-state index contributed by atoms with van der Waals surface area (Å²) >= 11 is 0. The van der Waals surface area contributed by atoms with Gasteiger partial charge < -0.3 is 9.73 Å². The molecule has 1 N–H and O–H groups in total. The normalized spacial score (nSPS) is 18.7. The monoisotopic (exact) mass is 257 g/mol. The van der Waals surface area contributed by atoms with Gasteiger partial charge in [-0.25, -0.2) is 0 Å². The van der Waals surface area contributed by atoms with Crippen LogP contribution in [0, 0.1) is 11.8 Å². The molecule has 2 aromatic rings. The number of para-hydroxylation sites is 1. The molecule has 1 fully saturated rings. The highest BCUT2D eigenvalue weighted by Gasteiger charge is 2.35. The Morgan fingerprint density at radius 1 is 1.32 bits per heavy atom. The van der Waals surface area contributed by atoms with Crippen molar-refractivity contribution in [3.8, 4) is 0 Å². The summed E-state index contributed by atoms with van der Waals surface area (Å²) in [7, 11) is 2.07. The fourth-order valence-electron chi connectivity index (χ4n) is 3.28. The predicted molar refractivity (Wildman–Crippen MR) is 79.3 cm³/mol. The summed E-state index contributed by atoms with van der Waals surface area (Å²) in [6.07, 6.45) is 3.73. The number of rotatable bonds is 5. The number of furan rings is 1. The van der Waals surface area contributed by atoms with Crippen molar-refractivity contribution in [1.82, 2.24) is 5.32 Å². The van der Waals surface area contributed by atoms with Gasteiger partial charge in [-0.1, -0.05) is 32.0 Å². The van der Waals surface area contributed by atoms with E-state index in [0.29, 0.717) is 12.0 Å². The Hall–Kier alpha value is -1.28. The molecule has 2 heteroatoms. The zero-order chi connectivity index (χ0) is 13.4. The molecule has 1 aromatic heterocycles. The molecule has 1 aromatic carbocycles. The van der Waals surface area contributed by atoms with Gasteiger partial charge in [0.25, 0.3) is 0 Å². The van der Waals surface area contributed by atoms with E-state index in [9.17, 15) is 0 Å². The SMILES string of the molecule is CCc1oc2ccccc2c1C(NC)C(C)C1CC1. The van der Waals surface area contributed by atoms with Crippen LogP contribution in [-0.4, -0.2) is 7.05 Å². The molecule has 2 nitrogen and oxygen atoms in total. The van der Waals surface area contributed by atoms with E-state index in [0.717, 1.165) is 23.7 Å². The van der Waals surface area contributed by atoms with E-state index in [1.165, 1.54) is 23.8 Å². The Morgan fingerprint density at radius 3 is 2.68 bits per heavy atom. The standard InChI is InChI=1S/C17H23NO/c1-4-14-16(13-7-5-6-8-15(13)19-14)17(18-3)11(2)12-9-10-12/h5-8,11-12,17-18H,4,9-10H2,1-3H3. The van der Waals surface area contributed by atoms with Gasteiger partial charge in [0.1, 0.15) is 11.3 Å². The van der Waals surface area contributed by atoms with Crippen LogP contribution in [0.5, 0.6) is 0 Å². The molecule has 19 heavy (non-hydrogen) atoms. The summed E-state index contributed by atoms with van der Waals surface area (Å²) < 4.78 is 6.04. The van der Waals surface area contributed by atoms with Crippen LogP contribution in [0.4, 0.5) is 0 Å². The van der Waals surface area contributed by atoms with Crippen LogP contribution >= 0.6 is 0 Å². The van der Waals surface area contributed by atoms with Gasteiger partial charge in [-0.05, 0) is 37.8 Å². The molecule has 102 valence electrons. The Labute approximate surface area is 115 Å². The number of aryl methyl sites for hydroxylation is 1. The Kier molecular flexibility index (Phi) is 3.36. The van der Waals surface area contributed by atoms with Crippen molar-refractivity contribution in [2.45, 2.75) is 39.2 Å². The molecule has 0 radical (unpaired) electrons. The third-order valence-corrected chi connectivity index (χ3v) is 4.55.